The summed E-state index contributed by atoms with van der Waals surface area (Å²) in [7, 11) is 0. The van der Waals surface area contributed by atoms with Crippen LogP contribution in [0.2, 0.25) is 0 Å². The van der Waals surface area contributed by atoms with E-state index in [9.17, 15) is 4.79 Å². The average molecular weight is 367 g/mol. The molecule has 2 aliphatic heterocycles. The highest BCUT2D eigenvalue weighted by Crippen LogP contribution is 2.32. The van der Waals surface area contributed by atoms with Gasteiger partial charge in [-0.3, -0.25) is 4.79 Å². The summed E-state index contributed by atoms with van der Waals surface area (Å²) in [6.07, 6.45) is 4.63. The Morgan fingerprint density at radius 2 is 1.88 bits per heavy atom. The van der Waals surface area contributed by atoms with Gasteiger partial charge in [0.2, 0.25) is 11.0 Å². The summed E-state index contributed by atoms with van der Waals surface area (Å²) in [6.45, 7) is 9.97. The second kappa shape index (κ2) is 7.99. The first-order valence-corrected chi connectivity index (χ1v) is 10.2. The lowest BCUT2D eigenvalue weighted by Gasteiger charge is -2.31. The van der Waals surface area contributed by atoms with Gasteiger partial charge in [-0.2, -0.15) is 0 Å². The molecule has 2 saturated heterocycles. The predicted molar refractivity (Wildman–Crippen MR) is 100 cm³/mol. The van der Waals surface area contributed by atoms with Gasteiger partial charge in [0.25, 0.3) is 0 Å². The lowest BCUT2D eigenvalue weighted by molar-refractivity contribution is -0.123. The topological polar surface area (TPSA) is 67.4 Å². The average Bonchev–Trinajstić information content (AvgIpc) is 3.07. The van der Waals surface area contributed by atoms with Crippen LogP contribution in [0.1, 0.15) is 57.9 Å². The van der Waals surface area contributed by atoms with Crippen LogP contribution in [0.5, 0.6) is 0 Å². The molecule has 0 spiro atoms. The monoisotopic (exact) mass is 366 g/mol. The fourth-order valence-corrected chi connectivity index (χ4v) is 4.32. The van der Waals surface area contributed by atoms with E-state index in [0.29, 0.717) is 18.4 Å². The number of hydrogen-bond donors (Lipinski definition) is 1. The first-order valence-electron chi connectivity index (χ1n) is 9.38. The number of carbonyl (C=O) groups excluding carboxylic acids is 1. The maximum absolute atomic E-state index is 12.3. The highest BCUT2D eigenvalue weighted by atomic mass is 32.1. The quantitative estimate of drug-likeness (QED) is 0.887. The summed E-state index contributed by atoms with van der Waals surface area (Å²) in [5.41, 5.74) is 0.0521. The molecule has 3 heterocycles. The minimum Gasteiger partial charge on any atom is -0.381 e. The summed E-state index contributed by atoms with van der Waals surface area (Å²) in [5.74, 6) is 0.683. The van der Waals surface area contributed by atoms with Crippen LogP contribution in [0.4, 0.5) is 5.13 Å². The van der Waals surface area contributed by atoms with Crippen molar-refractivity contribution in [1.29, 1.82) is 0 Å². The smallest absolute Gasteiger partial charge is 0.220 e. The lowest BCUT2D eigenvalue weighted by atomic mass is 9.93. The molecule has 6 nitrogen and oxygen atoms in total. The van der Waals surface area contributed by atoms with Crippen LogP contribution >= 0.6 is 11.3 Å². The fraction of sp³-hybridized carbons (Fsp3) is 0.833. The van der Waals surface area contributed by atoms with E-state index in [1.165, 1.54) is 0 Å². The molecule has 2 fully saturated rings. The number of anilines is 1. The van der Waals surface area contributed by atoms with E-state index in [-0.39, 0.29) is 11.3 Å². The van der Waals surface area contributed by atoms with Crippen molar-refractivity contribution in [2.45, 2.75) is 64.3 Å². The molecule has 7 heteroatoms. The number of nitrogens with zero attached hydrogens (tertiary/aromatic N) is 3. The third-order valence-electron chi connectivity index (χ3n) is 5.00. The molecule has 0 bridgehead atoms. The minimum atomic E-state index is 0.0521. The Hall–Kier alpha value is -1.21. The maximum atomic E-state index is 12.3. The summed E-state index contributed by atoms with van der Waals surface area (Å²) >= 11 is 1.70. The van der Waals surface area contributed by atoms with Crippen molar-refractivity contribution in [1.82, 2.24) is 15.5 Å². The molecule has 0 radical (unpaired) electrons. The van der Waals surface area contributed by atoms with Gasteiger partial charge in [-0.25, -0.2) is 0 Å². The molecular formula is C18H30N4O2S. The molecular weight excluding hydrogens is 336 g/mol. The Bertz CT molecular complexity index is 570. The van der Waals surface area contributed by atoms with Crippen LogP contribution in [0.3, 0.4) is 0 Å². The molecule has 1 aromatic heterocycles. The van der Waals surface area contributed by atoms with Crippen molar-refractivity contribution in [3.63, 3.8) is 0 Å². The van der Waals surface area contributed by atoms with Gasteiger partial charge >= 0.3 is 0 Å². The molecule has 140 valence electrons. The van der Waals surface area contributed by atoms with Gasteiger partial charge in [0.1, 0.15) is 5.01 Å². The van der Waals surface area contributed by atoms with Gasteiger partial charge < -0.3 is 15.0 Å². The standard InChI is InChI=1S/C18H30N4O2S/c1-18(2,3)16-20-21-17(25-16)22-8-4-13(5-9-22)12-15(23)19-14-6-10-24-11-7-14/h13-14H,4-12H2,1-3H3,(H,19,23). The summed E-state index contributed by atoms with van der Waals surface area (Å²) in [4.78, 5) is 14.6. The molecule has 1 aromatic rings. The molecule has 2 aliphatic rings. The van der Waals surface area contributed by atoms with Gasteiger partial charge in [-0.05, 0) is 31.6 Å². The van der Waals surface area contributed by atoms with E-state index in [1.54, 1.807) is 11.3 Å². The molecule has 0 atom stereocenters. The number of piperidine rings is 1. The van der Waals surface area contributed by atoms with E-state index in [0.717, 1.165) is 62.1 Å². The molecule has 1 N–H and O–H groups in total. The van der Waals surface area contributed by atoms with Gasteiger partial charge in [0, 0.05) is 44.2 Å². The van der Waals surface area contributed by atoms with E-state index >= 15 is 0 Å². The van der Waals surface area contributed by atoms with Crippen LogP contribution in [0.15, 0.2) is 0 Å². The molecule has 0 aromatic carbocycles. The van der Waals surface area contributed by atoms with Crippen LogP contribution in [0.25, 0.3) is 0 Å². The molecule has 25 heavy (non-hydrogen) atoms. The van der Waals surface area contributed by atoms with Gasteiger partial charge in [-0.15, -0.1) is 10.2 Å². The van der Waals surface area contributed by atoms with Crippen molar-refractivity contribution in [3.05, 3.63) is 5.01 Å². The van der Waals surface area contributed by atoms with Gasteiger partial charge in [0.15, 0.2) is 0 Å². The number of ether oxygens (including phenoxy) is 1. The number of rotatable bonds is 4. The second-order valence-corrected chi connectivity index (χ2v) is 9.18. The largest absolute Gasteiger partial charge is 0.381 e. The molecule has 3 rings (SSSR count). The number of amides is 1. The normalized spacial score (nSPS) is 20.7. The van der Waals surface area contributed by atoms with Crippen molar-refractivity contribution >= 4 is 22.4 Å². The Morgan fingerprint density at radius 3 is 2.48 bits per heavy atom. The molecule has 0 aliphatic carbocycles. The zero-order valence-corrected chi connectivity index (χ0v) is 16.4. The first kappa shape index (κ1) is 18.6. The van der Waals surface area contributed by atoms with Crippen LogP contribution in [-0.4, -0.2) is 48.4 Å². The third-order valence-corrected chi connectivity index (χ3v) is 6.41. The number of aromatic nitrogens is 2. The Morgan fingerprint density at radius 1 is 1.20 bits per heavy atom. The summed E-state index contributed by atoms with van der Waals surface area (Å²) < 4.78 is 5.34. The fourth-order valence-electron chi connectivity index (χ4n) is 3.37. The van der Waals surface area contributed by atoms with Gasteiger partial charge in [-0.1, -0.05) is 32.1 Å². The number of carbonyl (C=O) groups is 1. The zero-order valence-electron chi connectivity index (χ0n) is 15.6. The minimum absolute atomic E-state index is 0.0521. The van der Waals surface area contributed by atoms with E-state index in [4.69, 9.17) is 4.74 Å². The first-order chi connectivity index (χ1) is 11.9. The number of hydrogen-bond acceptors (Lipinski definition) is 6. The third kappa shape index (κ3) is 5.14. The van der Waals surface area contributed by atoms with Crippen molar-refractivity contribution in [2.24, 2.45) is 5.92 Å². The maximum Gasteiger partial charge on any atom is 0.220 e. The highest BCUT2D eigenvalue weighted by molar-refractivity contribution is 7.15. The summed E-state index contributed by atoms with van der Waals surface area (Å²) in [5, 5.41) is 14.0. The van der Waals surface area contributed by atoms with Crippen molar-refractivity contribution < 1.29 is 9.53 Å². The van der Waals surface area contributed by atoms with Crippen LogP contribution in [-0.2, 0) is 14.9 Å². The number of nitrogens with one attached hydrogen (secondary N) is 1. The Kier molecular flexibility index (Phi) is 5.94. The Balaban J connectivity index is 1.43. The zero-order chi connectivity index (χ0) is 17.9. The van der Waals surface area contributed by atoms with Crippen molar-refractivity contribution in [3.8, 4) is 0 Å². The molecule has 1 amide bonds. The lowest BCUT2D eigenvalue weighted by Crippen LogP contribution is -2.41. The predicted octanol–water partition coefficient (Wildman–Crippen LogP) is 2.74. The SMILES string of the molecule is CC(C)(C)c1nnc(N2CCC(CC(=O)NC3CCOCC3)CC2)s1. The van der Waals surface area contributed by atoms with Crippen molar-refractivity contribution in [2.75, 3.05) is 31.2 Å². The second-order valence-electron chi connectivity index (χ2n) is 8.23. The summed E-state index contributed by atoms with van der Waals surface area (Å²) in [6, 6.07) is 0.304. The Labute approximate surface area is 154 Å². The van der Waals surface area contributed by atoms with E-state index < -0.39 is 0 Å². The van der Waals surface area contributed by atoms with E-state index in [2.05, 4.69) is 41.2 Å². The molecule has 0 unspecified atom stereocenters. The highest BCUT2D eigenvalue weighted by Gasteiger charge is 2.26. The van der Waals surface area contributed by atoms with E-state index in [1.807, 2.05) is 0 Å². The van der Waals surface area contributed by atoms with Crippen LogP contribution in [0, 0.1) is 5.92 Å². The van der Waals surface area contributed by atoms with Crippen LogP contribution < -0.4 is 10.2 Å². The molecule has 0 saturated carbocycles. The van der Waals surface area contributed by atoms with Gasteiger partial charge in [0.05, 0.1) is 0 Å².